The van der Waals surface area contributed by atoms with Gasteiger partial charge in [-0.15, -0.1) is 11.3 Å². The molecule has 0 aliphatic carbocycles. The van der Waals surface area contributed by atoms with Crippen LogP contribution in [0.4, 0.5) is 0 Å². The third-order valence-corrected chi connectivity index (χ3v) is 5.34. The fourth-order valence-corrected chi connectivity index (χ4v) is 3.30. The van der Waals surface area contributed by atoms with Gasteiger partial charge in [0.2, 0.25) is 0 Å². The average molecular weight is 275 g/mol. The number of hydrogen-bond donors (Lipinski definition) is 1. The summed E-state index contributed by atoms with van der Waals surface area (Å²) in [6, 6.07) is 4.59. The van der Waals surface area contributed by atoms with Crippen LogP contribution < -0.4 is 5.32 Å². The minimum Gasteiger partial charge on any atom is -0.314 e. The van der Waals surface area contributed by atoms with Gasteiger partial charge in [-0.25, -0.2) is 8.42 Å². The molecule has 0 bridgehead atoms. The first-order chi connectivity index (χ1) is 8.03. The summed E-state index contributed by atoms with van der Waals surface area (Å²) < 4.78 is 22.5. The average Bonchev–Trinajstić information content (AvgIpc) is 2.77. The van der Waals surface area contributed by atoms with E-state index in [2.05, 4.69) is 29.8 Å². The molecule has 17 heavy (non-hydrogen) atoms. The van der Waals surface area contributed by atoms with Gasteiger partial charge in [0.05, 0.1) is 5.75 Å². The maximum atomic E-state index is 11.3. The standard InChI is InChI=1S/C12H21NO2S2/c1-3-17(14,15)9-5-7-13-11(2)10-12-6-4-8-16-12/h4,6,8,11,13H,3,5,7,9-10H2,1-2H3. The Kier molecular flexibility index (Phi) is 6.16. The van der Waals surface area contributed by atoms with E-state index in [4.69, 9.17) is 0 Å². The predicted octanol–water partition coefficient (Wildman–Crippen LogP) is 2.09. The molecule has 0 spiro atoms. The topological polar surface area (TPSA) is 46.2 Å². The first kappa shape index (κ1) is 14.7. The van der Waals surface area contributed by atoms with Crippen molar-refractivity contribution in [2.24, 2.45) is 0 Å². The van der Waals surface area contributed by atoms with Crippen LogP contribution in [0.1, 0.15) is 25.1 Å². The molecule has 0 saturated heterocycles. The van der Waals surface area contributed by atoms with Gasteiger partial charge < -0.3 is 5.32 Å². The Bertz CT molecular complexity index is 398. The minimum atomic E-state index is -2.81. The molecule has 1 heterocycles. The van der Waals surface area contributed by atoms with Crippen molar-refractivity contribution in [1.82, 2.24) is 5.32 Å². The fourth-order valence-electron chi connectivity index (χ4n) is 1.59. The van der Waals surface area contributed by atoms with E-state index in [0.29, 0.717) is 18.2 Å². The van der Waals surface area contributed by atoms with Gasteiger partial charge in [-0.2, -0.15) is 0 Å². The molecule has 98 valence electrons. The lowest BCUT2D eigenvalue weighted by Gasteiger charge is -2.12. The molecule has 0 aliphatic heterocycles. The van der Waals surface area contributed by atoms with Crippen LogP contribution in [0.15, 0.2) is 17.5 Å². The predicted molar refractivity (Wildman–Crippen MR) is 74.4 cm³/mol. The van der Waals surface area contributed by atoms with E-state index in [9.17, 15) is 8.42 Å². The molecule has 1 rings (SSSR count). The molecule has 0 radical (unpaired) electrons. The molecule has 1 unspecified atom stereocenters. The van der Waals surface area contributed by atoms with Gasteiger partial charge in [-0.1, -0.05) is 13.0 Å². The quantitative estimate of drug-likeness (QED) is 0.739. The number of sulfone groups is 1. The van der Waals surface area contributed by atoms with Gasteiger partial charge in [0.15, 0.2) is 0 Å². The van der Waals surface area contributed by atoms with Crippen LogP contribution in [0.3, 0.4) is 0 Å². The Hall–Kier alpha value is -0.390. The molecule has 0 aromatic carbocycles. The molecule has 1 atom stereocenters. The summed E-state index contributed by atoms with van der Waals surface area (Å²) in [4.78, 5) is 1.37. The van der Waals surface area contributed by atoms with Crippen LogP contribution in [0, 0.1) is 0 Å². The summed E-state index contributed by atoms with van der Waals surface area (Å²) >= 11 is 1.76. The second-order valence-corrected chi connectivity index (χ2v) is 7.73. The van der Waals surface area contributed by atoms with Crippen molar-refractivity contribution >= 4 is 21.2 Å². The van der Waals surface area contributed by atoms with Crippen molar-refractivity contribution in [3.8, 4) is 0 Å². The second kappa shape index (κ2) is 7.13. The van der Waals surface area contributed by atoms with Gasteiger partial charge in [0.1, 0.15) is 9.84 Å². The Morgan fingerprint density at radius 1 is 1.47 bits per heavy atom. The van der Waals surface area contributed by atoms with E-state index in [-0.39, 0.29) is 5.75 Å². The SMILES string of the molecule is CCS(=O)(=O)CCCNC(C)Cc1cccs1. The maximum absolute atomic E-state index is 11.3. The van der Waals surface area contributed by atoms with E-state index >= 15 is 0 Å². The summed E-state index contributed by atoms with van der Waals surface area (Å²) in [5.41, 5.74) is 0. The Balaban J connectivity index is 2.14. The van der Waals surface area contributed by atoms with Gasteiger partial charge in [0, 0.05) is 16.7 Å². The zero-order valence-electron chi connectivity index (χ0n) is 10.5. The molecule has 3 nitrogen and oxygen atoms in total. The number of nitrogens with one attached hydrogen (secondary N) is 1. The molecule has 1 aromatic heterocycles. The third kappa shape index (κ3) is 6.19. The van der Waals surface area contributed by atoms with E-state index in [1.807, 2.05) is 0 Å². The Morgan fingerprint density at radius 2 is 2.24 bits per heavy atom. The molecular formula is C12H21NO2S2. The molecule has 0 fully saturated rings. The normalized spacial score (nSPS) is 13.8. The summed E-state index contributed by atoms with van der Waals surface area (Å²) in [7, 11) is -2.81. The van der Waals surface area contributed by atoms with Crippen LogP contribution >= 0.6 is 11.3 Å². The molecule has 0 aliphatic rings. The zero-order valence-corrected chi connectivity index (χ0v) is 12.1. The van der Waals surface area contributed by atoms with E-state index in [0.717, 1.165) is 13.0 Å². The van der Waals surface area contributed by atoms with Gasteiger partial charge >= 0.3 is 0 Å². The van der Waals surface area contributed by atoms with Crippen molar-refractivity contribution in [1.29, 1.82) is 0 Å². The third-order valence-electron chi connectivity index (χ3n) is 2.65. The fraction of sp³-hybridized carbons (Fsp3) is 0.667. The highest BCUT2D eigenvalue weighted by Gasteiger charge is 2.07. The first-order valence-corrected chi connectivity index (χ1v) is 8.70. The van der Waals surface area contributed by atoms with Gasteiger partial charge in [0.25, 0.3) is 0 Å². The van der Waals surface area contributed by atoms with Crippen LogP contribution in [0.25, 0.3) is 0 Å². The van der Waals surface area contributed by atoms with Crippen LogP contribution in [-0.4, -0.2) is 32.5 Å². The molecule has 1 aromatic rings. The van der Waals surface area contributed by atoms with Crippen molar-refractivity contribution in [3.63, 3.8) is 0 Å². The van der Waals surface area contributed by atoms with Crippen molar-refractivity contribution in [2.45, 2.75) is 32.7 Å². The van der Waals surface area contributed by atoms with Crippen LogP contribution in [0.5, 0.6) is 0 Å². The number of hydrogen-bond acceptors (Lipinski definition) is 4. The van der Waals surface area contributed by atoms with Crippen molar-refractivity contribution in [2.75, 3.05) is 18.1 Å². The lowest BCUT2D eigenvalue weighted by Crippen LogP contribution is -2.29. The Labute approximate surface area is 108 Å². The van der Waals surface area contributed by atoms with E-state index < -0.39 is 9.84 Å². The van der Waals surface area contributed by atoms with Crippen molar-refractivity contribution in [3.05, 3.63) is 22.4 Å². The van der Waals surface area contributed by atoms with Crippen molar-refractivity contribution < 1.29 is 8.42 Å². The highest BCUT2D eigenvalue weighted by molar-refractivity contribution is 7.91. The Morgan fingerprint density at radius 3 is 2.82 bits per heavy atom. The minimum absolute atomic E-state index is 0.248. The van der Waals surface area contributed by atoms with E-state index in [1.54, 1.807) is 18.3 Å². The van der Waals surface area contributed by atoms with Crippen LogP contribution in [-0.2, 0) is 16.3 Å². The van der Waals surface area contributed by atoms with E-state index in [1.165, 1.54) is 4.88 Å². The van der Waals surface area contributed by atoms with Crippen LogP contribution in [0.2, 0.25) is 0 Å². The lowest BCUT2D eigenvalue weighted by atomic mass is 10.2. The summed E-state index contributed by atoms with van der Waals surface area (Å²) in [5.74, 6) is 0.542. The number of thiophene rings is 1. The summed E-state index contributed by atoms with van der Waals surface area (Å²) in [6.45, 7) is 4.60. The molecule has 0 amide bonds. The highest BCUT2D eigenvalue weighted by Crippen LogP contribution is 2.10. The smallest absolute Gasteiger partial charge is 0.150 e. The summed E-state index contributed by atoms with van der Waals surface area (Å²) in [6.07, 6.45) is 1.71. The number of rotatable bonds is 8. The zero-order chi connectivity index (χ0) is 12.7. The molecule has 0 saturated carbocycles. The molecule has 5 heteroatoms. The monoisotopic (exact) mass is 275 g/mol. The second-order valence-electron chi connectivity index (χ2n) is 4.23. The van der Waals surface area contributed by atoms with Gasteiger partial charge in [-0.3, -0.25) is 0 Å². The largest absolute Gasteiger partial charge is 0.314 e. The van der Waals surface area contributed by atoms with Gasteiger partial charge in [-0.05, 0) is 37.8 Å². The molecule has 1 N–H and O–H groups in total. The maximum Gasteiger partial charge on any atom is 0.150 e. The first-order valence-electron chi connectivity index (χ1n) is 5.99. The summed E-state index contributed by atoms with van der Waals surface area (Å²) in [5, 5.41) is 5.44. The highest BCUT2D eigenvalue weighted by atomic mass is 32.2. The molecular weight excluding hydrogens is 254 g/mol. The lowest BCUT2D eigenvalue weighted by molar-refractivity contribution is 0.541.